The van der Waals surface area contributed by atoms with Crippen molar-refractivity contribution in [2.75, 3.05) is 11.9 Å². The van der Waals surface area contributed by atoms with Gasteiger partial charge in [-0.2, -0.15) is 0 Å². The van der Waals surface area contributed by atoms with E-state index in [9.17, 15) is 14.4 Å². The fraction of sp³-hybridized carbons (Fsp3) is 0.286. The molecule has 0 heterocycles. The van der Waals surface area contributed by atoms with Crippen molar-refractivity contribution in [3.8, 4) is 5.75 Å². The van der Waals surface area contributed by atoms with Crippen molar-refractivity contribution in [2.24, 2.45) is 0 Å². The number of carbonyl (C=O) groups is 3. The molecule has 0 radical (unpaired) electrons. The van der Waals surface area contributed by atoms with E-state index in [-0.39, 0.29) is 18.3 Å². The number of rotatable bonds is 9. The van der Waals surface area contributed by atoms with Crippen LogP contribution in [0.5, 0.6) is 5.75 Å². The Hall–Kier alpha value is -2.86. The van der Waals surface area contributed by atoms with Crippen molar-refractivity contribution in [1.82, 2.24) is 0 Å². The van der Waals surface area contributed by atoms with Gasteiger partial charge in [-0.3, -0.25) is 9.59 Å². The van der Waals surface area contributed by atoms with Crippen LogP contribution in [0.3, 0.4) is 0 Å². The fourth-order valence-corrected chi connectivity index (χ4v) is 2.49. The minimum Gasteiger partial charge on any atom is -0.482 e. The highest BCUT2D eigenvalue weighted by molar-refractivity contribution is 6.30. The van der Waals surface area contributed by atoms with E-state index in [0.717, 1.165) is 6.42 Å². The molecular weight excluding hydrogens is 382 g/mol. The molecule has 1 N–H and O–H groups in total. The second-order valence-corrected chi connectivity index (χ2v) is 6.55. The molecule has 7 heteroatoms. The highest BCUT2D eigenvalue weighted by Gasteiger charge is 2.20. The van der Waals surface area contributed by atoms with Crippen molar-refractivity contribution in [1.29, 1.82) is 0 Å². The lowest BCUT2D eigenvalue weighted by atomic mass is 10.1. The number of ketones is 1. The third-order valence-corrected chi connectivity index (χ3v) is 4.03. The van der Waals surface area contributed by atoms with Gasteiger partial charge in [0.05, 0.1) is 0 Å². The van der Waals surface area contributed by atoms with E-state index in [1.807, 2.05) is 6.92 Å². The highest BCUT2D eigenvalue weighted by Crippen LogP contribution is 2.16. The van der Waals surface area contributed by atoms with Gasteiger partial charge in [0.25, 0.3) is 0 Å². The second kappa shape index (κ2) is 10.5. The van der Waals surface area contributed by atoms with Crippen LogP contribution in [0.15, 0.2) is 48.5 Å². The van der Waals surface area contributed by atoms with Crippen LogP contribution in [-0.2, 0) is 14.3 Å². The molecule has 1 amide bonds. The van der Waals surface area contributed by atoms with E-state index < -0.39 is 12.1 Å². The van der Waals surface area contributed by atoms with E-state index in [4.69, 9.17) is 21.1 Å². The lowest BCUT2D eigenvalue weighted by molar-refractivity contribution is -0.148. The topological polar surface area (TPSA) is 81.7 Å². The Morgan fingerprint density at radius 2 is 1.68 bits per heavy atom. The molecule has 2 aromatic rings. The third-order valence-electron chi connectivity index (χ3n) is 3.78. The molecule has 28 heavy (non-hydrogen) atoms. The van der Waals surface area contributed by atoms with Crippen molar-refractivity contribution < 1.29 is 23.9 Å². The summed E-state index contributed by atoms with van der Waals surface area (Å²) in [6, 6.07) is 13.0. The molecule has 0 bridgehead atoms. The molecule has 6 nitrogen and oxygen atoms in total. The molecule has 2 aromatic carbocycles. The largest absolute Gasteiger partial charge is 0.482 e. The molecular formula is C21H22ClNO5. The van der Waals surface area contributed by atoms with E-state index in [0.29, 0.717) is 28.4 Å². The number of hydrogen-bond donors (Lipinski definition) is 1. The van der Waals surface area contributed by atoms with E-state index in [1.165, 1.54) is 6.92 Å². The van der Waals surface area contributed by atoms with Gasteiger partial charge in [0.15, 0.2) is 12.7 Å². The number of benzene rings is 2. The predicted octanol–water partition coefficient (Wildman–Crippen LogP) is 4.27. The number of halogens is 1. The molecule has 1 atom stereocenters. The average Bonchev–Trinajstić information content (AvgIpc) is 2.67. The zero-order chi connectivity index (χ0) is 20.5. The second-order valence-electron chi connectivity index (χ2n) is 6.11. The predicted molar refractivity (Wildman–Crippen MR) is 107 cm³/mol. The Balaban J connectivity index is 1.84. The maximum Gasteiger partial charge on any atom is 0.344 e. The molecule has 0 fully saturated rings. The zero-order valence-electron chi connectivity index (χ0n) is 15.7. The maximum atomic E-state index is 12.4. The minimum atomic E-state index is -0.957. The Labute approximate surface area is 168 Å². The van der Waals surface area contributed by atoms with Crippen molar-refractivity contribution >= 4 is 34.9 Å². The Morgan fingerprint density at radius 1 is 1.04 bits per heavy atom. The monoisotopic (exact) mass is 403 g/mol. The lowest BCUT2D eigenvalue weighted by Gasteiger charge is -2.13. The first-order valence-corrected chi connectivity index (χ1v) is 9.28. The number of Topliss-reactive ketones (excluding diaryl/α,β-unsaturated/α-hetero) is 1. The summed E-state index contributed by atoms with van der Waals surface area (Å²) >= 11 is 5.78. The van der Waals surface area contributed by atoms with Gasteiger partial charge in [0.2, 0.25) is 11.7 Å². The van der Waals surface area contributed by atoms with Gasteiger partial charge >= 0.3 is 5.97 Å². The molecule has 0 aliphatic carbocycles. The normalized spacial score (nSPS) is 11.4. The number of amides is 1. The van der Waals surface area contributed by atoms with Crippen LogP contribution in [0.25, 0.3) is 0 Å². The molecule has 0 aromatic heterocycles. The first-order chi connectivity index (χ1) is 13.4. The lowest BCUT2D eigenvalue weighted by Crippen LogP contribution is -2.27. The highest BCUT2D eigenvalue weighted by atomic mass is 35.5. The van der Waals surface area contributed by atoms with Gasteiger partial charge in [0.1, 0.15) is 5.75 Å². The maximum absolute atomic E-state index is 12.4. The van der Waals surface area contributed by atoms with Crippen molar-refractivity contribution in [2.45, 2.75) is 32.8 Å². The molecule has 0 aliphatic heterocycles. The number of hydrogen-bond acceptors (Lipinski definition) is 5. The van der Waals surface area contributed by atoms with Crippen LogP contribution in [0.4, 0.5) is 5.69 Å². The number of ether oxygens (including phenoxy) is 2. The van der Waals surface area contributed by atoms with Crippen molar-refractivity contribution in [3.05, 3.63) is 59.1 Å². The molecule has 1 unspecified atom stereocenters. The molecule has 0 aliphatic rings. The molecule has 0 saturated heterocycles. The smallest absolute Gasteiger partial charge is 0.344 e. The molecule has 0 spiro atoms. The van der Waals surface area contributed by atoms with E-state index in [2.05, 4.69) is 5.32 Å². The van der Waals surface area contributed by atoms with Crippen molar-refractivity contribution in [3.63, 3.8) is 0 Å². The fourth-order valence-electron chi connectivity index (χ4n) is 2.36. The van der Waals surface area contributed by atoms with Crippen LogP contribution in [0.2, 0.25) is 5.02 Å². The van der Waals surface area contributed by atoms with E-state index >= 15 is 0 Å². The van der Waals surface area contributed by atoms with Gasteiger partial charge in [-0.05, 0) is 61.9 Å². The van der Waals surface area contributed by atoms with E-state index in [1.54, 1.807) is 48.5 Å². The third kappa shape index (κ3) is 6.70. The molecule has 148 valence electrons. The first-order valence-electron chi connectivity index (χ1n) is 8.91. The average molecular weight is 404 g/mol. The van der Waals surface area contributed by atoms with Gasteiger partial charge in [-0.25, -0.2) is 4.79 Å². The number of nitrogens with one attached hydrogen (secondary N) is 1. The van der Waals surface area contributed by atoms with Crippen LogP contribution >= 0.6 is 11.6 Å². The Bertz CT molecular complexity index is 818. The van der Waals surface area contributed by atoms with Gasteiger partial charge in [-0.1, -0.05) is 18.5 Å². The number of esters is 1. The standard InChI is InChI=1S/C21H22ClNO5/c1-3-4-19(24)23-17-9-5-15(6-10-17)21(26)14(2)28-20(25)13-27-18-11-7-16(22)8-12-18/h5-12,14H,3-4,13H2,1-2H3,(H,23,24). The quantitative estimate of drug-likeness (QED) is 0.499. The summed E-state index contributed by atoms with van der Waals surface area (Å²) in [6.45, 7) is 3.10. The summed E-state index contributed by atoms with van der Waals surface area (Å²) < 4.78 is 10.4. The minimum absolute atomic E-state index is 0.0791. The Kier molecular flexibility index (Phi) is 8.02. The molecule has 0 saturated carbocycles. The first kappa shape index (κ1) is 21.4. The van der Waals surface area contributed by atoms with Crippen LogP contribution in [0, 0.1) is 0 Å². The van der Waals surface area contributed by atoms with Gasteiger partial charge < -0.3 is 14.8 Å². The molecule has 2 rings (SSSR count). The van der Waals surface area contributed by atoms with Gasteiger partial charge in [0, 0.05) is 22.7 Å². The van der Waals surface area contributed by atoms with Crippen LogP contribution in [-0.4, -0.2) is 30.4 Å². The summed E-state index contributed by atoms with van der Waals surface area (Å²) in [5, 5.41) is 3.31. The summed E-state index contributed by atoms with van der Waals surface area (Å²) in [6.07, 6.45) is 0.237. The number of carbonyl (C=O) groups excluding carboxylic acids is 3. The summed E-state index contributed by atoms with van der Waals surface area (Å²) in [7, 11) is 0. The summed E-state index contributed by atoms with van der Waals surface area (Å²) in [5.41, 5.74) is 0.989. The summed E-state index contributed by atoms with van der Waals surface area (Å²) in [4.78, 5) is 35.9. The number of anilines is 1. The Morgan fingerprint density at radius 3 is 2.29 bits per heavy atom. The van der Waals surface area contributed by atoms with Crippen LogP contribution < -0.4 is 10.1 Å². The van der Waals surface area contributed by atoms with Gasteiger partial charge in [-0.15, -0.1) is 0 Å². The summed E-state index contributed by atoms with van der Waals surface area (Å²) in [5.74, 6) is -0.601. The van der Waals surface area contributed by atoms with Crippen LogP contribution in [0.1, 0.15) is 37.0 Å². The SMILES string of the molecule is CCCC(=O)Nc1ccc(C(=O)C(C)OC(=O)COc2ccc(Cl)cc2)cc1. The zero-order valence-corrected chi connectivity index (χ0v) is 16.5.